The van der Waals surface area contributed by atoms with E-state index in [1.165, 1.54) is 5.56 Å². The first-order valence-corrected chi connectivity index (χ1v) is 9.64. The fraction of sp³-hybridized carbons (Fsp3) is 0.318. The van der Waals surface area contributed by atoms with Gasteiger partial charge < -0.3 is 9.84 Å². The third-order valence-electron chi connectivity index (χ3n) is 4.47. The molecule has 0 saturated carbocycles. The standard InChI is InChI=1S/C22H24ClN3O2/c1-22(2,3)17-9-4-15(5-10-17)6-13-19(27)24-14-20-25-21(26-28-20)16-7-11-18(23)12-8-16/h4-5,7-12H,6,13-14H2,1-3H3,(H,24,27). The first-order chi connectivity index (χ1) is 13.3. The zero-order valence-corrected chi connectivity index (χ0v) is 17.1. The van der Waals surface area contributed by atoms with Crippen LogP contribution < -0.4 is 5.32 Å². The summed E-state index contributed by atoms with van der Waals surface area (Å²) in [6.45, 7) is 6.77. The average molecular weight is 398 g/mol. The Labute approximate surface area is 170 Å². The smallest absolute Gasteiger partial charge is 0.246 e. The molecule has 0 spiro atoms. The van der Waals surface area contributed by atoms with Crippen molar-refractivity contribution in [1.82, 2.24) is 15.5 Å². The molecular formula is C22H24ClN3O2. The van der Waals surface area contributed by atoms with Crippen molar-refractivity contribution < 1.29 is 9.32 Å². The zero-order valence-electron chi connectivity index (χ0n) is 16.3. The molecule has 0 radical (unpaired) electrons. The van der Waals surface area contributed by atoms with E-state index < -0.39 is 0 Å². The van der Waals surface area contributed by atoms with E-state index in [4.69, 9.17) is 16.1 Å². The Morgan fingerprint density at radius 3 is 2.39 bits per heavy atom. The number of rotatable bonds is 6. The van der Waals surface area contributed by atoms with Gasteiger partial charge >= 0.3 is 0 Å². The fourth-order valence-corrected chi connectivity index (χ4v) is 2.86. The van der Waals surface area contributed by atoms with Crippen molar-refractivity contribution in [3.63, 3.8) is 0 Å². The number of carbonyl (C=O) groups is 1. The van der Waals surface area contributed by atoms with E-state index in [0.29, 0.717) is 29.6 Å². The molecule has 0 saturated heterocycles. The van der Waals surface area contributed by atoms with Crippen LogP contribution in [0.15, 0.2) is 53.1 Å². The van der Waals surface area contributed by atoms with E-state index in [9.17, 15) is 4.79 Å². The Hall–Kier alpha value is -2.66. The van der Waals surface area contributed by atoms with Gasteiger partial charge in [-0.2, -0.15) is 4.98 Å². The van der Waals surface area contributed by atoms with Crippen LogP contribution in [-0.2, 0) is 23.2 Å². The van der Waals surface area contributed by atoms with Crippen molar-refractivity contribution in [2.45, 2.75) is 45.6 Å². The molecule has 0 aliphatic heterocycles. The Kier molecular flexibility index (Phi) is 6.15. The minimum atomic E-state index is -0.0499. The highest BCUT2D eigenvalue weighted by molar-refractivity contribution is 6.30. The predicted molar refractivity (Wildman–Crippen MR) is 110 cm³/mol. The molecule has 6 heteroatoms. The number of amides is 1. The first-order valence-electron chi connectivity index (χ1n) is 9.26. The maximum absolute atomic E-state index is 12.1. The monoisotopic (exact) mass is 397 g/mol. The van der Waals surface area contributed by atoms with Gasteiger partial charge in [0.05, 0.1) is 6.54 Å². The molecule has 1 aromatic heterocycles. The lowest BCUT2D eigenvalue weighted by atomic mass is 9.86. The van der Waals surface area contributed by atoms with Crippen molar-refractivity contribution in [3.8, 4) is 11.4 Å². The highest BCUT2D eigenvalue weighted by Gasteiger charge is 2.13. The first kappa shape index (κ1) is 20.1. The van der Waals surface area contributed by atoms with Crippen LogP contribution in [0, 0.1) is 0 Å². The molecule has 0 aliphatic carbocycles. The van der Waals surface area contributed by atoms with E-state index in [0.717, 1.165) is 11.1 Å². The van der Waals surface area contributed by atoms with Gasteiger partial charge in [0, 0.05) is 17.0 Å². The lowest BCUT2D eigenvalue weighted by molar-refractivity contribution is -0.121. The number of aryl methyl sites for hydroxylation is 1. The van der Waals surface area contributed by atoms with Gasteiger partial charge in [-0.3, -0.25) is 4.79 Å². The van der Waals surface area contributed by atoms with Crippen LogP contribution in [0.5, 0.6) is 0 Å². The van der Waals surface area contributed by atoms with Crippen molar-refractivity contribution in [1.29, 1.82) is 0 Å². The van der Waals surface area contributed by atoms with Gasteiger partial charge in [0.1, 0.15) is 0 Å². The Bertz CT molecular complexity index is 926. The topological polar surface area (TPSA) is 68.0 Å². The Balaban J connectivity index is 1.47. The number of halogens is 1. The van der Waals surface area contributed by atoms with Crippen LogP contribution in [0.1, 0.15) is 44.2 Å². The number of hydrogen-bond acceptors (Lipinski definition) is 4. The van der Waals surface area contributed by atoms with Crippen LogP contribution in [0.25, 0.3) is 11.4 Å². The van der Waals surface area contributed by atoms with Gasteiger partial charge in [0.2, 0.25) is 17.6 Å². The van der Waals surface area contributed by atoms with E-state index in [2.05, 4.69) is 60.5 Å². The molecule has 5 nitrogen and oxygen atoms in total. The highest BCUT2D eigenvalue weighted by atomic mass is 35.5. The van der Waals surface area contributed by atoms with Gasteiger partial charge in [-0.25, -0.2) is 0 Å². The number of aromatic nitrogens is 2. The second-order valence-corrected chi connectivity index (χ2v) is 8.18. The number of nitrogens with one attached hydrogen (secondary N) is 1. The van der Waals surface area contributed by atoms with Gasteiger partial charge in [0.25, 0.3) is 0 Å². The molecule has 1 N–H and O–H groups in total. The Morgan fingerprint density at radius 1 is 1.07 bits per heavy atom. The summed E-state index contributed by atoms with van der Waals surface area (Å²) >= 11 is 5.88. The van der Waals surface area contributed by atoms with Crippen molar-refractivity contribution in [3.05, 3.63) is 70.6 Å². The summed E-state index contributed by atoms with van der Waals surface area (Å²) in [6, 6.07) is 15.6. The molecule has 0 bridgehead atoms. The fourth-order valence-electron chi connectivity index (χ4n) is 2.73. The molecule has 1 heterocycles. The van der Waals surface area contributed by atoms with Gasteiger partial charge in [-0.1, -0.05) is 61.8 Å². The molecule has 2 aromatic carbocycles. The van der Waals surface area contributed by atoms with Crippen LogP contribution in [0.4, 0.5) is 0 Å². The number of benzene rings is 2. The van der Waals surface area contributed by atoms with Gasteiger partial charge in [-0.05, 0) is 47.2 Å². The zero-order chi connectivity index (χ0) is 20.1. The maximum atomic E-state index is 12.1. The molecule has 3 rings (SSSR count). The molecular weight excluding hydrogens is 374 g/mol. The molecule has 0 atom stereocenters. The minimum Gasteiger partial charge on any atom is -0.347 e. The van der Waals surface area contributed by atoms with E-state index in [1.54, 1.807) is 12.1 Å². The molecule has 0 fully saturated rings. The minimum absolute atomic E-state index is 0.0499. The molecule has 28 heavy (non-hydrogen) atoms. The second-order valence-electron chi connectivity index (χ2n) is 7.74. The average Bonchev–Trinajstić information content (AvgIpc) is 3.14. The van der Waals surface area contributed by atoms with Crippen LogP contribution in [0.2, 0.25) is 5.02 Å². The molecule has 1 amide bonds. The number of hydrogen-bond donors (Lipinski definition) is 1. The lowest BCUT2D eigenvalue weighted by Crippen LogP contribution is -2.23. The molecule has 3 aromatic rings. The van der Waals surface area contributed by atoms with Crippen LogP contribution in [-0.4, -0.2) is 16.0 Å². The van der Waals surface area contributed by atoms with Gasteiger partial charge in [0.15, 0.2) is 0 Å². The summed E-state index contributed by atoms with van der Waals surface area (Å²) < 4.78 is 5.20. The summed E-state index contributed by atoms with van der Waals surface area (Å²) in [5, 5.41) is 7.40. The third-order valence-corrected chi connectivity index (χ3v) is 4.72. The summed E-state index contributed by atoms with van der Waals surface area (Å²) in [5.74, 6) is 0.791. The SMILES string of the molecule is CC(C)(C)c1ccc(CCC(=O)NCc2nc(-c3ccc(Cl)cc3)no2)cc1. The summed E-state index contributed by atoms with van der Waals surface area (Å²) in [6.07, 6.45) is 1.10. The second kappa shape index (κ2) is 8.57. The summed E-state index contributed by atoms with van der Waals surface area (Å²) in [4.78, 5) is 16.4. The van der Waals surface area contributed by atoms with Gasteiger partial charge in [-0.15, -0.1) is 0 Å². The van der Waals surface area contributed by atoms with Crippen molar-refractivity contribution in [2.75, 3.05) is 0 Å². The van der Waals surface area contributed by atoms with Crippen LogP contribution >= 0.6 is 11.6 Å². The van der Waals surface area contributed by atoms with E-state index >= 15 is 0 Å². The molecule has 0 aliphatic rings. The largest absolute Gasteiger partial charge is 0.347 e. The van der Waals surface area contributed by atoms with Crippen LogP contribution in [0.3, 0.4) is 0 Å². The predicted octanol–water partition coefficient (Wildman–Crippen LogP) is 4.94. The van der Waals surface area contributed by atoms with Crippen molar-refractivity contribution >= 4 is 17.5 Å². The lowest BCUT2D eigenvalue weighted by Gasteiger charge is -2.19. The molecule has 0 unspecified atom stereocenters. The number of nitrogens with zero attached hydrogens (tertiary/aromatic N) is 2. The van der Waals surface area contributed by atoms with Crippen molar-refractivity contribution in [2.24, 2.45) is 0 Å². The van der Waals surface area contributed by atoms with E-state index in [-0.39, 0.29) is 17.9 Å². The van der Waals surface area contributed by atoms with E-state index in [1.807, 2.05) is 12.1 Å². The summed E-state index contributed by atoms with van der Waals surface area (Å²) in [5.41, 5.74) is 3.37. The quantitative estimate of drug-likeness (QED) is 0.639. The maximum Gasteiger partial charge on any atom is 0.246 e. The third kappa shape index (κ3) is 5.42. The summed E-state index contributed by atoms with van der Waals surface area (Å²) in [7, 11) is 0. The highest BCUT2D eigenvalue weighted by Crippen LogP contribution is 2.22. The normalized spacial score (nSPS) is 11.4. The number of carbonyl (C=O) groups excluding carboxylic acids is 1. The Morgan fingerprint density at radius 2 is 1.75 bits per heavy atom. The molecule has 146 valence electrons.